The molecule has 0 aromatic carbocycles. The number of amides is 5. The maximum atomic E-state index is 12.1. The fourth-order valence-electron chi connectivity index (χ4n) is 2.45. The van der Waals surface area contributed by atoms with Crippen molar-refractivity contribution >= 4 is 35.8 Å². The van der Waals surface area contributed by atoms with Crippen molar-refractivity contribution in [3.63, 3.8) is 0 Å². The van der Waals surface area contributed by atoms with Crippen LogP contribution in [0, 0.1) is 0 Å². The molecular weight excluding hydrogens is 440 g/mol. The van der Waals surface area contributed by atoms with Gasteiger partial charge in [0.1, 0.15) is 18.4 Å². The van der Waals surface area contributed by atoms with Gasteiger partial charge < -0.3 is 47.3 Å². The van der Waals surface area contributed by atoms with Crippen molar-refractivity contribution in [3.05, 3.63) is 0 Å². The second-order valence-electron chi connectivity index (χ2n) is 7.30. The summed E-state index contributed by atoms with van der Waals surface area (Å²) in [4.78, 5) is 69.5. The molecule has 0 heterocycles. The normalized spacial score (nSPS) is 14.1. The van der Waals surface area contributed by atoms with E-state index >= 15 is 0 Å². The number of nitrogens with one attached hydrogen (secondary N) is 5. The van der Waals surface area contributed by atoms with E-state index < -0.39 is 67.6 Å². The molecule has 0 radical (unpaired) electrons. The topological polar surface area (TPSA) is 229 Å². The maximum absolute atomic E-state index is 12.1. The van der Waals surface area contributed by atoms with Crippen molar-refractivity contribution in [3.8, 4) is 0 Å². The van der Waals surface area contributed by atoms with Gasteiger partial charge in [0.2, 0.25) is 29.5 Å². The number of aliphatic hydroxyl groups excluding tert-OH is 2. The molecule has 14 nitrogen and oxygen atoms in total. The Morgan fingerprint density at radius 1 is 0.939 bits per heavy atom. The van der Waals surface area contributed by atoms with Gasteiger partial charge in [-0.25, -0.2) is 0 Å². The Kier molecular flexibility index (Phi) is 15.0. The summed E-state index contributed by atoms with van der Waals surface area (Å²) in [6, 6.07) is -3.44. The molecule has 0 aliphatic rings. The predicted octanol–water partition coefficient (Wildman–Crippen LogP) is -4.61. The van der Waals surface area contributed by atoms with Gasteiger partial charge in [0, 0.05) is 13.5 Å². The number of carbonyl (C=O) groups is 6. The number of carbonyl (C=O) groups excluding carboxylic acids is 6. The monoisotopic (exact) mass is 474 g/mol. The summed E-state index contributed by atoms with van der Waals surface area (Å²) in [6.45, 7) is 1.45. The van der Waals surface area contributed by atoms with Gasteiger partial charge in [-0.15, -0.1) is 0 Å². The molecule has 5 amide bonds. The van der Waals surface area contributed by atoms with Crippen LogP contribution in [0.3, 0.4) is 0 Å². The Balaban J connectivity index is 4.34. The lowest BCUT2D eigenvalue weighted by atomic mass is 10.1. The van der Waals surface area contributed by atoms with E-state index in [1.54, 1.807) is 0 Å². The Bertz CT molecular complexity index is 687. The third-order valence-electron chi connectivity index (χ3n) is 4.29. The lowest BCUT2D eigenvalue weighted by molar-refractivity contribution is -0.133. The Morgan fingerprint density at radius 2 is 1.58 bits per heavy atom. The van der Waals surface area contributed by atoms with Gasteiger partial charge in [0.05, 0.1) is 31.8 Å². The summed E-state index contributed by atoms with van der Waals surface area (Å²) in [5.74, 6) is -3.22. The summed E-state index contributed by atoms with van der Waals surface area (Å²) in [6.07, 6.45) is 0.853. The molecule has 0 aliphatic heterocycles. The number of hydrogen-bond donors (Lipinski definition) is 8. The highest BCUT2D eigenvalue weighted by Crippen LogP contribution is 1.99. The molecule has 0 unspecified atom stereocenters. The molecule has 14 heteroatoms. The summed E-state index contributed by atoms with van der Waals surface area (Å²) < 4.78 is 0. The van der Waals surface area contributed by atoms with Crippen molar-refractivity contribution < 1.29 is 39.0 Å². The molecule has 0 aliphatic carbocycles. The van der Waals surface area contributed by atoms with E-state index in [0.717, 1.165) is 0 Å². The van der Waals surface area contributed by atoms with Crippen molar-refractivity contribution in [2.24, 2.45) is 5.73 Å². The molecule has 0 rings (SSSR count). The second kappa shape index (κ2) is 16.5. The fourth-order valence-corrected chi connectivity index (χ4v) is 2.45. The highest BCUT2D eigenvalue weighted by Gasteiger charge is 2.27. The number of hydrogen-bond acceptors (Lipinski definition) is 9. The maximum Gasteiger partial charge on any atom is 0.245 e. The van der Waals surface area contributed by atoms with Crippen molar-refractivity contribution in [2.45, 2.75) is 57.3 Å². The predicted molar refractivity (Wildman–Crippen MR) is 115 cm³/mol. The second-order valence-corrected chi connectivity index (χ2v) is 7.30. The van der Waals surface area contributed by atoms with Gasteiger partial charge in [-0.3, -0.25) is 24.0 Å². The average molecular weight is 475 g/mol. The average Bonchev–Trinajstić information content (AvgIpc) is 2.77. The fraction of sp³-hybridized carbons (Fsp3) is 0.684. The minimum atomic E-state index is -1.41. The lowest BCUT2D eigenvalue weighted by Gasteiger charge is -2.22. The van der Waals surface area contributed by atoms with Crippen LogP contribution in [0.5, 0.6) is 0 Å². The van der Waals surface area contributed by atoms with E-state index in [1.807, 2.05) is 0 Å². The van der Waals surface area contributed by atoms with Crippen LogP contribution in [0.4, 0.5) is 0 Å². The number of unbranched alkanes of at least 4 members (excludes halogenated alkanes) is 1. The lowest BCUT2D eigenvalue weighted by Crippen LogP contribution is -2.57. The third-order valence-corrected chi connectivity index (χ3v) is 4.29. The van der Waals surface area contributed by atoms with Crippen molar-refractivity contribution in [2.75, 3.05) is 26.2 Å². The van der Waals surface area contributed by atoms with E-state index in [4.69, 9.17) is 10.8 Å². The van der Waals surface area contributed by atoms with E-state index in [2.05, 4.69) is 26.6 Å². The molecule has 0 aromatic rings. The van der Waals surface area contributed by atoms with E-state index in [1.165, 1.54) is 13.8 Å². The SMILES string of the molecule is CC(=O)NCCCC[C@@H](C=O)NC(=O)CNC(=O)CNC(=O)[C@@H](NC(=O)[C@@H](N)CO)[C@@H](C)O. The largest absolute Gasteiger partial charge is 0.394 e. The summed E-state index contributed by atoms with van der Waals surface area (Å²) >= 11 is 0. The Hall–Kier alpha value is -3.10. The molecule has 4 atom stereocenters. The summed E-state index contributed by atoms with van der Waals surface area (Å²) in [7, 11) is 0. The number of rotatable bonds is 16. The van der Waals surface area contributed by atoms with Gasteiger partial charge in [-0.2, -0.15) is 0 Å². The van der Waals surface area contributed by atoms with Gasteiger partial charge in [0.25, 0.3) is 0 Å². The molecule has 0 fully saturated rings. The van der Waals surface area contributed by atoms with E-state index in [0.29, 0.717) is 32.1 Å². The van der Waals surface area contributed by atoms with Crippen LogP contribution in [0.1, 0.15) is 33.1 Å². The molecule has 0 saturated heterocycles. The molecule has 9 N–H and O–H groups in total. The van der Waals surface area contributed by atoms with Crippen LogP contribution in [0.25, 0.3) is 0 Å². The summed E-state index contributed by atoms with van der Waals surface area (Å²) in [5.41, 5.74) is 5.34. The first-order chi connectivity index (χ1) is 15.5. The highest BCUT2D eigenvalue weighted by atomic mass is 16.3. The minimum Gasteiger partial charge on any atom is -0.394 e. The smallest absolute Gasteiger partial charge is 0.245 e. The van der Waals surface area contributed by atoms with Gasteiger partial charge in [0.15, 0.2) is 0 Å². The summed E-state index contributed by atoms with van der Waals surface area (Å²) in [5, 5.41) is 30.2. The van der Waals surface area contributed by atoms with E-state index in [-0.39, 0.29) is 5.91 Å². The molecule has 33 heavy (non-hydrogen) atoms. The molecule has 0 spiro atoms. The Labute approximate surface area is 191 Å². The number of aldehydes is 1. The zero-order chi connectivity index (χ0) is 25.4. The van der Waals surface area contributed by atoms with Crippen molar-refractivity contribution in [1.29, 1.82) is 0 Å². The number of nitrogens with two attached hydrogens (primary N) is 1. The zero-order valence-corrected chi connectivity index (χ0v) is 18.8. The molecular formula is C19H34N6O8. The first-order valence-electron chi connectivity index (χ1n) is 10.4. The van der Waals surface area contributed by atoms with E-state index in [9.17, 15) is 33.9 Å². The minimum absolute atomic E-state index is 0.154. The quantitative estimate of drug-likeness (QED) is 0.0793. The van der Waals surface area contributed by atoms with Crippen LogP contribution in [-0.4, -0.2) is 96.5 Å². The molecule has 0 aromatic heterocycles. The standard InChI is InChI=1S/C19H34N6O8/c1-11(28)17(25-18(32)14(20)10-27)19(33)23-7-15(30)22-8-16(31)24-13(9-26)5-3-4-6-21-12(2)29/h9,11,13-14,17,27-28H,3-8,10,20H2,1-2H3,(H,21,29)(H,22,30)(H,23,33)(H,24,31)(H,25,32)/t11-,13+,14+,17+/m1/s1. The van der Waals surface area contributed by atoms with Crippen LogP contribution in [-0.2, 0) is 28.8 Å². The first-order valence-corrected chi connectivity index (χ1v) is 10.4. The van der Waals surface area contributed by atoms with Gasteiger partial charge in [-0.05, 0) is 26.2 Å². The molecule has 0 bridgehead atoms. The van der Waals surface area contributed by atoms with Crippen LogP contribution < -0.4 is 32.3 Å². The molecule has 188 valence electrons. The molecule has 0 saturated carbocycles. The highest BCUT2D eigenvalue weighted by molar-refractivity contribution is 5.93. The van der Waals surface area contributed by atoms with Crippen LogP contribution >= 0.6 is 0 Å². The van der Waals surface area contributed by atoms with Crippen LogP contribution in [0.15, 0.2) is 0 Å². The van der Waals surface area contributed by atoms with Gasteiger partial charge >= 0.3 is 0 Å². The Morgan fingerprint density at radius 3 is 2.12 bits per heavy atom. The van der Waals surface area contributed by atoms with Crippen LogP contribution in [0.2, 0.25) is 0 Å². The number of aliphatic hydroxyl groups is 2. The first kappa shape index (κ1) is 29.9. The van der Waals surface area contributed by atoms with Crippen molar-refractivity contribution in [1.82, 2.24) is 26.6 Å². The van der Waals surface area contributed by atoms with Gasteiger partial charge in [-0.1, -0.05) is 0 Å². The third kappa shape index (κ3) is 13.8. The zero-order valence-electron chi connectivity index (χ0n) is 18.8.